The van der Waals surface area contributed by atoms with Crippen molar-refractivity contribution in [3.05, 3.63) is 23.3 Å². The SMILES string of the molecule is COC1CCCN(Cc2cc(N)cc3c2OCOC3)C1. The molecule has 0 aromatic heterocycles. The summed E-state index contributed by atoms with van der Waals surface area (Å²) in [6.07, 6.45) is 2.66. The predicted molar refractivity (Wildman–Crippen MR) is 76.4 cm³/mol. The summed E-state index contributed by atoms with van der Waals surface area (Å²) < 4.78 is 16.5. The standard InChI is InChI=1S/C15H22N2O3/c1-18-14-3-2-4-17(8-14)7-11-5-13(16)6-12-9-19-10-20-15(11)12/h5-6,14H,2-4,7-10,16H2,1H3. The summed E-state index contributed by atoms with van der Waals surface area (Å²) >= 11 is 0. The molecular formula is C15H22N2O3. The van der Waals surface area contributed by atoms with Crippen molar-refractivity contribution in [2.24, 2.45) is 0 Å². The maximum Gasteiger partial charge on any atom is 0.189 e. The number of rotatable bonds is 3. The number of fused-ring (bicyclic) bond motifs is 1. The molecule has 2 aliphatic rings. The van der Waals surface area contributed by atoms with Crippen molar-refractivity contribution in [3.8, 4) is 5.75 Å². The van der Waals surface area contributed by atoms with Crippen LogP contribution in [0, 0.1) is 0 Å². The van der Waals surface area contributed by atoms with Crippen LogP contribution in [0.5, 0.6) is 5.75 Å². The Morgan fingerprint density at radius 2 is 2.35 bits per heavy atom. The highest BCUT2D eigenvalue weighted by Gasteiger charge is 2.22. The number of benzene rings is 1. The van der Waals surface area contributed by atoms with Gasteiger partial charge < -0.3 is 19.9 Å². The van der Waals surface area contributed by atoms with Gasteiger partial charge >= 0.3 is 0 Å². The van der Waals surface area contributed by atoms with Gasteiger partial charge in [0.05, 0.1) is 12.7 Å². The van der Waals surface area contributed by atoms with Crippen LogP contribution >= 0.6 is 0 Å². The molecule has 5 nitrogen and oxygen atoms in total. The van der Waals surface area contributed by atoms with Gasteiger partial charge in [-0.3, -0.25) is 4.90 Å². The molecule has 20 heavy (non-hydrogen) atoms. The number of nitrogens with two attached hydrogens (primary N) is 1. The van der Waals surface area contributed by atoms with Crippen LogP contribution in [0.1, 0.15) is 24.0 Å². The molecule has 1 aromatic rings. The minimum absolute atomic E-state index is 0.324. The van der Waals surface area contributed by atoms with E-state index in [0.29, 0.717) is 19.5 Å². The number of likely N-dealkylation sites (tertiary alicyclic amines) is 1. The van der Waals surface area contributed by atoms with E-state index in [2.05, 4.69) is 4.90 Å². The maximum atomic E-state index is 5.99. The smallest absolute Gasteiger partial charge is 0.189 e. The molecule has 1 saturated heterocycles. The molecule has 3 rings (SSSR count). The molecule has 0 bridgehead atoms. The van der Waals surface area contributed by atoms with Crippen LogP contribution < -0.4 is 10.5 Å². The van der Waals surface area contributed by atoms with Gasteiger partial charge in [0.15, 0.2) is 6.79 Å². The quantitative estimate of drug-likeness (QED) is 0.854. The molecule has 1 aromatic carbocycles. The average Bonchev–Trinajstić information content (AvgIpc) is 2.47. The van der Waals surface area contributed by atoms with Crippen LogP contribution in [0.2, 0.25) is 0 Å². The van der Waals surface area contributed by atoms with E-state index in [9.17, 15) is 0 Å². The van der Waals surface area contributed by atoms with Gasteiger partial charge in [0.1, 0.15) is 5.75 Å². The van der Waals surface area contributed by atoms with E-state index in [-0.39, 0.29) is 0 Å². The number of nitrogens with zero attached hydrogens (tertiary/aromatic N) is 1. The van der Waals surface area contributed by atoms with E-state index < -0.39 is 0 Å². The second-order valence-electron chi connectivity index (χ2n) is 5.51. The first-order valence-corrected chi connectivity index (χ1v) is 7.13. The van der Waals surface area contributed by atoms with Gasteiger partial charge in [-0.1, -0.05) is 0 Å². The van der Waals surface area contributed by atoms with Crippen LogP contribution in [0.25, 0.3) is 0 Å². The van der Waals surface area contributed by atoms with Gasteiger partial charge in [-0.25, -0.2) is 0 Å². The Labute approximate surface area is 119 Å². The van der Waals surface area contributed by atoms with Gasteiger partial charge in [0.25, 0.3) is 0 Å². The number of ether oxygens (including phenoxy) is 3. The van der Waals surface area contributed by atoms with E-state index in [0.717, 1.165) is 48.6 Å². The van der Waals surface area contributed by atoms with Crippen molar-refractivity contribution in [2.45, 2.75) is 32.1 Å². The first-order valence-electron chi connectivity index (χ1n) is 7.13. The van der Waals surface area contributed by atoms with Gasteiger partial charge in [0.2, 0.25) is 0 Å². The molecule has 0 saturated carbocycles. The van der Waals surface area contributed by atoms with Crippen LogP contribution in [0.4, 0.5) is 5.69 Å². The Bertz CT molecular complexity index is 478. The molecule has 2 aliphatic heterocycles. The minimum atomic E-state index is 0.324. The third-order valence-electron chi connectivity index (χ3n) is 4.00. The second-order valence-corrected chi connectivity index (χ2v) is 5.51. The second kappa shape index (κ2) is 5.99. The fourth-order valence-electron chi connectivity index (χ4n) is 3.03. The summed E-state index contributed by atoms with van der Waals surface area (Å²) in [4.78, 5) is 2.41. The average molecular weight is 278 g/mol. The number of hydrogen-bond acceptors (Lipinski definition) is 5. The zero-order valence-electron chi connectivity index (χ0n) is 11.9. The van der Waals surface area contributed by atoms with Gasteiger partial charge in [-0.2, -0.15) is 0 Å². The lowest BCUT2D eigenvalue weighted by Crippen LogP contribution is -2.38. The normalized spacial score (nSPS) is 23.1. The summed E-state index contributed by atoms with van der Waals surface area (Å²) in [5.74, 6) is 0.949. The fourth-order valence-corrected chi connectivity index (χ4v) is 3.03. The van der Waals surface area contributed by atoms with Crippen molar-refractivity contribution in [2.75, 3.05) is 32.7 Å². The molecule has 0 aliphatic carbocycles. The number of methoxy groups -OCH3 is 1. The highest BCUT2D eigenvalue weighted by Crippen LogP contribution is 2.32. The monoisotopic (exact) mass is 278 g/mol. The van der Waals surface area contributed by atoms with Crippen molar-refractivity contribution in [3.63, 3.8) is 0 Å². The summed E-state index contributed by atoms with van der Waals surface area (Å²) in [5.41, 5.74) is 8.96. The Hall–Kier alpha value is -1.30. The van der Waals surface area contributed by atoms with Crippen LogP contribution in [-0.2, 0) is 22.6 Å². The molecule has 1 unspecified atom stereocenters. The Morgan fingerprint density at radius 1 is 1.45 bits per heavy atom. The molecular weight excluding hydrogens is 256 g/mol. The third kappa shape index (κ3) is 2.90. The van der Waals surface area contributed by atoms with Gasteiger partial charge in [0, 0.05) is 37.0 Å². The topological polar surface area (TPSA) is 57.0 Å². The molecule has 2 N–H and O–H groups in total. The first-order chi connectivity index (χ1) is 9.76. The number of piperidine rings is 1. The van der Waals surface area contributed by atoms with E-state index in [1.54, 1.807) is 7.11 Å². The largest absolute Gasteiger partial charge is 0.467 e. The summed E-state index contributed by atoms with van der Waals surface area (Å²) in [5, 5.41) is 0. The lowest BCUT2D eigenvalue weighted by atomic mass is 10.0. The minimum Gasteiger partial charge on any atom is -0.467 e. The van der Waals surface area contributed by atoms with Crippen molar-refractivity contribution in [1.82, 2.24) is 4.90 Å². The molecule has 0 amide bonds. The molecule has 1 fully saturated rings. The zero-order valence-corrected chi connectivity index (χ0v) is 11.9. The molecule has 110 valence electrons. The predicted octanol–water partition coefficient (Wildman–Crippen LogP) is 1.75. The van der Waals surface area contributed by atoms with Gasteiger partial charge in [-0.15, -0.1) is 0 Å². The zero-order chi connectivity index (χ0) is 13.9. The molecule has 0 radical (unpaired) electrons. The van der Waals surface area contributed by atoms with E-state index in [1.165, 1.54) is 6.42 Å². The molecule has 1 atom stereocenters. The van der Waals surface area contributed by atoms with Gasteiger partial charge in [-0.05, 0) is 31.5 Å². The lowest BCUT2D eigenvalue weighted by Gasteiger charge is -2.32. The molecule has 2 heterocycles. The Morgan fingerprint density at radius 3 is 3.20 bits per heavy atom. The van der Waals surface area contributed by atoms with Crippen molar-refractivity contribution < 1.29 is 14.2 Å². The fraction of sp³-hybridized carbons (Fsp3) is 0.600. The third-order valence-corrected chi connectivity index (χ3v) is 4.00. The number of hydrogen-bond donors (Lipinski definition) is 1. The maximum absolute atomic E-state index is 5.99. The summed E-state index contributed by atoms with van der Waals surface area (Å²) in [6.45, 7) is 3.82. The van der Waals surface area contributed by atoms with E-state index >= 15 is 0 Å². The highest BCUT2D eigenvalue weighted by molar-refractivity contribution is 5.53. The Balaban J connectivity index is 1.78. The number of nitrogen functional groups attached to an aromatic ring is 1. The van der Waals surface area contributed by atoms with Crippen LogP contribution in [-0.4, -0.2) is 38.0 Å². The van der Waals surface area contributed by atoms with Crippen LogP contribution in [0.3, 0.4) is 0 Å². The summed E-state index contributed by atoms with van der Waals surface area (Å²) in [6, 6.07) is 3.95. The van der Waals surface area contributed by atoms with Crippen molar-refractivity contribution in [1.29, 1.82) is 0 Å². The Kier molecular flexibility index (Phi) is 4.10. The van der Waals surface area contributed by atoms with Crippen LogP contribution in [0.15, 0.2) is 12.1 Å². The molecule has 5 heteroatoms. The first kappa shape index (κ1) is 13.7. The van der Waals surface area contributed by atoms with Crippen molar-refractivity contribution >= 4 is 5.69 Å². The lowest BCUT2D eigenvalue weighted by molar-refractivity contribution is -0.0181. The summed E-state index contributed by atoms with van der Waals surface area (Å²) in [7, 11) is 1.79. The molecule has 0 spiro atoms. The van der Waals surface area contributed by atoms with E-state index in [1.807, 2.05) is 12.1 Å². The van der Waals surface area contributed by atoms with E-state index in [4.69, 9.17) is 19.9 Å². The highest BCUT2D eigenvalue weighted by atomic mass is 16.7. The number of anilines is 1.